The zero-order valence-electron chi connectivity index (χ0n) is 5.21. The van der Waals surface area contributed by atoms with Crippen molar-refractivity contribution in [1.82, 2.24) is 4.98 Å². The molecule has 0 saturated heterocycles. The van der Waals surface area contributed by atoms with Crippen molar-refractivity contribution in [2.75, 3.05) is 0 Å². The third-order valence-electron chi connectivity index (χ3n) is 0.922. The Hall–Kier alpha value is -1.61. The Balaban J connectivity index is 3.18. The lowest BCUT2D eigenvalue weighted by atomic mass is 10.4. The fourth-order valence-electron chi connectivity index (χ4n) is 0.570. The maximum atomic E-state index is 12.2. The molecule has 0 saturated carbocycles. The second kappa shape index (κ2) is 2.98. The molecule has 56 valence electrons. The van der Waals surface area contributed by atoms with Crippen molar-refractivity contribution in [1.29, 1.82) is 0 Å². The topological polar surface area (TPSA) is 42.3 Å². The highest BCUT2D eigenvalue weighted by Gasteiger charge is 1.99. The third-order valence-corrected chi connectivity index (χ3v) is 0.922. The van der Waals surface area contributed by atoms with Gasteiger partial charge in [0.05, 0.1) is 5.69 Å². The summed E-state index contributed by atoms with van der Waals surface area (Å²) in [5.41, 5.74) is -0.134. The van der Waals surface area contributed by atoms with E-state index in [4.69, 9.17) is 0 Å². The van der Waals surface area contributed by atoms with Gasteiger partial charge in [0.1, 0.15) is 0 Å². The van der Waals surface area contributed by atoms with Gasteiger partial charge in [0.2, 0.25) is 18.0 Å². The summed E-state index contributed by atoms with van der Waals surface area (Å²) in [5.74, 6) is -2.03. The summed E-state index contributed by atoms with van der Waals surface area (Å²) < 4.78 is 24.4. The predicted molar refractivity (Wildman–Crippen MR) is 31.9 cm³/mol. The van der Waals surface area contributed by atoms with Crippen LogP contribution in [0, 0.1) is 11.9 Å². The number of pyridine rings is 1. The summed E-state index contributed by atoms with van der Waals surface area (Å²) in [4.78, 5) is 15.4. The first kappa shape index (κ1) is 7.50. The van der Waals surface area contributed by atoms with Gasteiger partial charge in [-0.15, -0.1) is 0 Å². The first-order valence-corrected chi connectivity index (χ1v) is 2.63. The van der Waals surface area contributed by atoms with Crippen LogP contribution in [0.3, 0.4) is 0 Å². The van der Waals surface area contributed by atoms with Crippen LogP contribution < -0.4 is 0 Å². The summed E-state index contributed by atoms with van der Waals surface area (Å²) >= 11 is 0. The fraction of sp³-hybridized carbons (Fsp3) is 0. The molecule has 0 unspecified atom stereocenters. The number of rotatable bonds is 1. The Kier molecular flexibility index (Phi) is 2.03. The Morgan fingerprint density at radius 2 is 1.91 bits per heavy atom. The van der Waals surface area contributed by atoms with E-state index in [0.29, 0.717) is 0 Å². The maximum absolute atomic E-state index is 12.2. The largest absolute Gasteiger partial charge is 0.240 e. The van der Waals surface area contributed by atoms with Crippen molar-refractivity contribution >= 4 is 11.8 Å². The molecule has 0 aliphatic rings. The number of hydrogen-bond donors (Lipinski definition) is 0. The lowest BCUT2D eigenvalue weighted by Crippen LogP contribution is -1.85. The van der Waals surface area contributed by atoms with Gasteiger partial charge in [-0.3, -0.25) is 0 Å². The number of isocyanates is 1. The van der Waals surface area contributed by atoms with E-state index in [1.807, 2.05) is 0 Å². The van der Waals surface area contributed by atoms with Crippen molar-refractivity contribution in [2.24, 2.45) is 4.99 Å². The molecule has 1 aromatic heterocycles. The number of halogens is 2. The number of aromatic nitrogens is 1. The zero-order chi connectivity index (χ0) is 8.27. The summed E-state index contributed by atoms with van der Waals surface area (Å²) in [5, 5.41) is 0. The fourth-order valence-corrected chi connectivity index (χ4v) is 0.570. The van der Waals surface area contributed by atoms with Gasteiger partial charge >= 0.3 is 0 Å². The molecule has 0 aliphatic carbocycles. The van der Waals surface area contributed by atoms with Gasteiger partial charge in [-0.1, -0.05) is 0 Å². The Bertz CT molecular complexity index is 300. The molecule has 3 nitrogen and oxygen atoms in total. The molecule has 0 atom stereocenters. The SMILES string of the molecule is O=C=Nc1cc(F)nc(F)c1. The van der Waals surface area contributed by atoms with Gasteiger partial charge in [-0.25, -0.2) is 4.79 Å². The van der Waals surface area contributed by atoms with Crippen LogP contribution in [0.25, 0.3) is 0 Å². The van der Waals surface area contributed by atoms with Crippen LogP contribution >= 0.6 is 0 Å². The minimum atomic E-state index is -1.01. The first-order valence-electron chi connectivity index (χ1n) is 2.63. The first-order chi connectivity index (χ1) is 5.22. The highest BCUT2D eigenvalue weighted by molar-refractivity contribution is 5.47. The molecule has 0 aliphatic heterocycles. The number of carbonyl (C=O) groups excluding carboxylic acids is 1. The zero-order valence-corrected chi connectivity index (χ0v) is 5.21. The minimum absolute atomic E-state index is 0.134. The molecule has 1 rings (SSSR count). The van der Waals surface area contributed by atoms with Crippen LogP contribution in [0.15, 0.2) is 17.1 Å². The van der Waals surface area contributed by atoms with Gasteiger partial charge in [-0.2, -0.15) is 18.8 Å². The predicted octanol–water partition coefficient (Wildman–Crippen LogP) is 1.33. The highest BCUT2D eigenvalue weighted by Crippen LogP contribution is 2.11. The summed E-state index contributed by atoms with van der Waals surface area (Å²) in [6.45, 7) is 0. The van der Waals surface area contributed by atoms with Gasteiger partial charge in [0.25, 0.3) is 0 Å². The van der Waals surface area contributed by atoms with E-state index in [-0.39, 0.29) is 5.69 Å². The molecule has 1 aromatic rings. The molecule has 5 heteroatoms. The van der Waals surface area contributed by atoms with Gasteiger partial charge in [-0.05, 0) is 0 Å². The molecule has 0 spiro atoms. The van der Waals surface area contributed by atoms with E-state index in [2.05, 4.69) is 9.98 Å². The average Bonchev–Trinajstić information content (AvgIpc) is 1.85. The van der Waals surface area contributed by atoms with E-state index in [9.17, 15) is 13.6 Å². The summed E-state index contributed by atoms with van der Waals surface area (Å²) in [6.07, 6.45) is 1.15. The quantitative estimate of drug-likeness (QED) is 0.349. The van der Waals surface area contributed by atoms with Crippen LogP contribution in [0.4, 0.5) is 14.5 Å². The third kappa shape index (κ3) is 1.91. The summed E-state index contributed by atoms with van der Waals surface area (Å²) in [7, 11) is 0. The number of nitrogens with zero attached hydrogens (tertiary/aromatic N) is 2. The van der Waals surface area contributed by atoms with Crippen LogP contribution in [0.5, 0.6) is 0 Å². The second-order valence-corrected chi connectivity index (χ2v) is 1.67. The van der Waals surface area contributed by atoms with Crippen molar-refractivity contribution < 1.29 is 13.6 Å². The van der Waals surface area contributed by atoms with E-state index in [1.54, 1.807) is 0 Å². The molecule has 0 aromatic carbocycles. The summed E-state index contributed by atoms with van der Waals surface area (Å²) in [6, 6.07) is 1.65. The molecular formula is C6H2F2N2O. The Morgan fingerprint density at radius 3 is 2.36 bits per heavy atom. The van der Waals surface area contributed by atoms with E-state index in [1.165, 1.54) is 0 Å². The highest BCUT2D eigenvalue weighted by atomic mass is 19.1. The van der Waals surface area contributed by atoms with Gasteiger partial charge in [0.15, 0.2) is 0 Å². The van der Waals surface area contributed by atoms with Crippen LogP contribution in [-0.2, 0) is 4.79 Å². The molecule has 11 heavy (non-hydrogen) atoms. The minimum Gasteiger partial charge on any atom is -0.211 e. The van der Waals surface area contributed by atoms with Crippen molar-refractivity contribution in [3.8, 4) is 0 Å². The van der Waals surface area contributed by atoms with E-state index < -0.39 is 11.9 Å². The Labute approximate surface area is 60.4 Å². The lowest BCUT2D eigenvalue weighted by molar-refractivity contribution is 0.513. The second-order valence-electron chi connectivity index (χ2n) is 1.67. The smallest absolute Gasteiger partial charge is 0.211 e. The molecule has 0 bridgehead atoms. The standard InChI is InChI=1S/C6H2F2N2O/c7-5-1-4(9-3-11)2-6(8)10-5/h1-2H. The molecule has 0 fully saturated rings. The number of hydrogen-bond acceptors (Lipinski definition) is 3. The molecular weight excluding hydrogens is 154 g/mol. The normalized spacial score (nSPS) is 8.91. The average molecular weight is 156 g/mol. The van der Waals surface area contributed by atoms with E-state index >= 15 is 0 Å². The number of aliphatic imine (C=N–C) groups is 1. The van der Waals surface area contributed by atoms with Crippen LogP contribution in [-0.4, -0.2) is 11.1 Å². The molecule has 0 radical (unpaired) electrons. The van der Waals surface area contributed by atoms with Crippen molar-refractivity contribution in [3.05, 3.63) is 24.0 Å². The van der Waals surface area contributed by atoms with Crippen LogP contribution in [0.2, 0.25) is 0 Å². The molecule has 0 amide bonds. The van der Waals surface area contributed by atoms with E-state index in [0.717, 1.165) is 18.2 Å². The lowest BCUT2D eigenvalue weighted by Gasteiger charge is -1.90. The van der Waals surface area contributed by atoms with Crippen molar-refractivity contribution in [2.45, 2.75) is 0 Å². The Morgan fingerprint density at radius 1 is 1.36 bits per heavy atom. The van der Waals surface area contributed by atoms with Crippen molar-refractivity contribution in [3.63, 3.8) is 0 Å². The van der Waals surface area contributed by atoms with Gasteiger partial charge in [0, 0.05) is 12.1 Å². The molecule has 1 heterocycles. The van der Waals surface area contributed by atoms with Gasteiger partial charge < -0.3 is 0 Å². The monoisotopic (exact) mass is 156 g/mol. The maximum Gasteiger partial charge on any atom is 0.240 e. The molecule has 0 N–H and O–H groups in total. The van der Waals surface area contributed by atoms with Crippen LogP contribution in [0.1, 0.15) is 0 Å².